The van der Waals surface area contributed by atoms with Gasteiger partial charge in [0.2, 0.25) is 0 Å². The molecule has 2 heterocycles. The molecule has 3 N–H and O–H groups in total. The molecule has 0 bridgehead atoms. The molecule has 1 aliphatic rings. The van der Waals surface area contributed by atoms with Crippen molar-refractivity contribution in [3.8, 4) is 0 Å². The summed E-state index contributed by atoms with van der Waals surface area (Å²) < 4.78 is 19.0. The van der Waals surface area contributed by atoms with Crippen molar-refractivity contribution in [1.29, 1.82) is 0 Å². The minimum Gasteiger partial charge on any atom is -0.394 e. The lowest BCUT2D eigenvalue weighted by Crippen LogP contribution is -2.35. The fraction of sp³-hybridized carbons (Fsp3) is 0.692. The quantitative estimate of drug-likeness (QED) is 0.513. The highest BCUT2D eigenvalue weighted by atomic mass is 32.1. The van der Waals surface area contributed by atoms with Crippen LogP contribution in [-0.4, -0.2) is 65.0 Å². The highest BCUT2D eigenvalue weighted by Crippen LogP contribution is 2.35. The largest absolute Gasteiger partial charge is 0.394 e. The van der Waals surface area contributed by atoms with Crippen LogP contribution in [0.2, 0.25) is 0 Å². The Bertz CT molecular complexity index is 617. The third kappa shape index (κ3) is 3.62. The van der Waals surface area contributed by atoms with E-state index in [-0.39, 0.29) is 6.61 Å². The first-order chi connectivity index (χ1) is 10.5. The van der Waals surface area contributed by atoms with E-state index in [2.05, 4.69) is 4.98 Å². The number of aryl methyl sites for hydroxylation is 1. The number of aromatic amines is 1. The maximum absolute atomic E-state index is 10.3. The van der Waals surface area contributed by atoms with Gasteiger partial charge in [-0.1, -0.05) is 12.2 Å². The Morgan fingerprint density at radius 3 is 2.77 bits per heavy atom. The molecule has 1 fully saturated rings. The number of nitrogens with zero attached hydrogens (tertiary/aromatic N) is 1. The van der Waals surface area contributed by atoms with Crippen LogP contribution < -0.4 is 0 Å². The Balaban J connectivity index is 2.31. The van der Waals surface area contributed by atoms with Crippen LogP contribution in [0.4, 0.5) is 0 Å². The molecule has 0 aliphatic carbocycles. The van der Waals surface area contributed by atoms with Gasteiger partial charge in [0.25, 0.3) is 0 Å². The number of rotatable bonds is 6. The maximum atomic E-state index is 10.3. The normalized spacial score (nSPS) is 28.2. The molecule has 4 atom stereocenters. The Hall–Kier alpha value is -0.680. The standard InChI is InChI=1S/C13H20N2O5S2/c1-15-5-7(12(21)14-13(15)22)10-11(19-4-3-18-2)9(17)8(6-16)20-10/h5,8-11,16-17H,3-4,6H2,1-2H3,(H,14,21,22)/t8-,9?,10+,11?/m1/s1. The van der Waals surface area contributed by atoms with Gasteiger partial charge in [-0.15, -0.1) is 0 Å². The third-order valence-electron chi connectivity index (χ3n) is 3.56. The topological polar surface area (TPSA) is 88.9 Å². The van der Waals surface area contributed by atoms with Gasteiger partial charge in [-0.3, -0.25) is 0 Å². The lowest BCUT2D eigenvalue weighted by molar-refractivity contribution is -0.0534. The second-order valence-corrected chi connectivity index (χ2v) is 5.85. The first kappa shape index (κ1) is 17.7. The van der Waals surface area contributed by atoms with Gasteiger partial charge in [0.05, 0.1) is 19.8 Å². The van der Waals surface area contributed by atoms with Crippen LogP contribution in [0, 0.1) is 9.41 Å². The number of methoxy groups -OCH3 is 1. The summed E-state index contributed by atoms with van der Waals surface area (Å²) in [6, 6.07) is 0. The van der Waals surface area contributed by atoms with Crippen molar-refractivity contribution in [2.24, 2.45) is 7.05 Å². The number of nitrogens with one attached hydrogen (secondary N) is 1. The number of hydrogen-bond donors (Lipinski definition) is 3. The molecule has 1 aromatic rings. The van der Waals surface area contributed by atoms with Crippen LogP contribution in [0.25, 0.3) is 0 Å². The van der Waals surface area contributed by atoms with E-state index in [1.54, 1.807) is 24.9 Å². The summed E-state index contributed by atoms with van der Waals surface area (Å²) in [5.74, 6) is 0. The van der Waals surface area contributed by atoms with Crippen molar-refractivity contribution in [3.63, 3.8) is 0 Å². The van der Waals surface area contributed by atoms with Crippen molar-refractivity contribution >= 4 is 24.4 Å². The fourth-order valence-corrected chi connectivity index (χ4v) is 2.86. The van der Waals surface area contributed by atoms with Crippen LogP contribution in [0.1, 0.15) is 11.7 Å². The van der Waals surface area contributed by atoms with Gasteiger partial charge in [0, 0.05) is 25.9 Å². The van der Waals surface area contributed by atoms with Gasteiger partial charge < -0.3 is 34.0 Å². The predicted molar refractivity (Wildman–Crippen MR) is 83.8 cm³/mol. The molecule has 2 unspecified atom stereocenters. The maximum Gasteiger partial charge on any atom is 0.177 e. The molecule has 0 saturated carbocycles. The number of aliphatic hydroxyl groups is 2. The van der Waals surface area contributed by atoms with Gasteiger partial charge in [-0.2, -0.15) is 0 Å². The molecule has 1 aliphatic heterocycles. The van der Waals surface area contributed by atoms with Crippen LogP contribution in [0.5, 0.6) is 0 Å². The van der Waals surface area contributed by atoms with Gasteiger partial charge in [-0.05, 0) is 12.2 Å². The first-order valence-corrected chi connectivity index (χ1v) is 7.66. The van der Waals surface area contributed by atoms with E-state index in [1.807, 2.05) is 0 Å². The summed E-state index contributed by atoms with van der Waals surface area (Å²) in [5, 5.41) is 19.6. The average Bonchev–Trinajstić information content (AvgIpc) is 2.80. The summed E-state index contributed by atoms with van der Waals surface area (Å²) in [7, 11) is 3.35. The van der Waals surface area contributed by atoms with Crippen LogP contribution >= 0.6 is 24.4 Å². The molecule has 9 heteroatoms. The lowest BCUT2D eigenvalue weighted by atomic mass is 10.0. The minimum absolute atomic E-state index is 0.302. The minimum atomic E-state index is -0.949. The van der Waals surface area contributed by atoms with Crippen molar-refractivity contribution in [2.45, 2.75) is 24.4 Å². The van der Waals surface area contributed by atoms with E-state index < -0.39 is 24.4 Å². The SMILES string of the molecule is COCCOC1C(O)[C@@H](CO)O[C@H]1c1cn(C)c(=S)[nH]c1=S. The molecule has 7 nitrogen and oxygen atoms in total. The summed E-state index contributed by atoms with van der Waals surface area (Å²) in [6.07, 6.45) is -1.14. The van der Waals surface area contributed by atoms with E-state index in [9.17, 15) is 10.2 Å². The molecular formula is C13H20N2O5S2. The molecule has 0 spiro atoms. The second kappa shape index (κ2) is 7.73. The Morgan fingerprint density at radius 2 is 2.14 bits per heavy atom. The molecule has 1 aromatic heterocycles. The van der Waals surface area contributed by atoms with Gasteiger partial charge >= 0.3 is 0 Å². The van der Waals surface area contributed by atoms with E-state index in [1.165, 1.54) is 0 Å². The van der Waals surface area contributed by atoms with E-state index >= 15 is 0 Å². The first-order valence-electron chi connectivity index (χ1n) is 6.84. The Morgan fingerprint density at radius 1 is 1.41 bits per heavy atom. The zero-order chi connectivity index (χ0) is 16.3. The Kier molecular flexibility index (Phi) is 6.21. The molecule has 0 amide bonds. The molecule has 0 radical (unpaired) electrons. The lowest BCUT2D eigenvalue weighted by Gasteiger charge is -2.21. The molecule has 2 rings (SSSR count). The number of ether oxygens (including phenoxy) is 3. The summed E-state index contributed by atoms with van der Waals surface area (Å²) >= 11 is 10.4. The predicted octanol–water partition coefficient (Wildman–Crippen LogP) is 0.637. The number of H-pyrrole nitrogens is 1. The van der Waals surface area contributed by atoms with Crippen LogP contribution in [0.3, 0.4) is 0 Å². The molecule has 1 saturated heterocycles. The van der Waals surface area contributed by atoms with Gasteiger partial charge in [0.1, 0.15) is 29.1 Å². The fourth-order valence-electron chi connectivity index (χ4n) is 2.38. The molecule has 22 heavy (non-hydrogen) atoms. The van der Waals surface area contributed by atoms with E-state index in [0.29, 0.717) is 28.2 Å². The van der Waals surface area contributed by atoms with Crippen molar-refractivity contribution < 1.29 is 24.4 Å². The van der Waals surface area contributed by atoms with Gasteiger partial charge in [0.15, 0.2) is 4.77 Å². The Labute approximate surface area is 138 Å². The van der Waals surface area contributed by atoms with Crippen LogP contribution in [0.15, 0.2) is 6.20 Å². The summed E-state index contributed by atoms with van der Waals surface area (Å²) in [4.78, 5) is 2.91. The van der Waals surface area contributed by atoms with Crippen molar-refractivity contribution in [3.05, 3.63) is 21.2 Å². The number of aromatic nitrogens is 2. The molecule has 124 valence electrons. The highest BCUT2D eigenvalue weighted by Gasteiger charge is 2.45. The number of aliphatic hydroxyl groups excluding tert-OH is 2. The summed E-state index contributed by atoms with van der Waals surface area (Å²) in [5.41, 5.74) is 0.656. The highest BCUT2D eigenvalue weighted by molar-refractivity contribution is 7.72. The monoisotopic (exact) mass is 348 g/mol. The summed E-state index contributed by atoms with van der Waals surface area (Å²) in [6.45, 7) is 0.396. The molecular weight excluding hydrogens is 328 g/mol. The zero-order valence-electron chi connectivity index (χ0n) is 12.4. The zero-order valence-corrected chi connectivity index (χ0v) is 14.0. The van der Waals surface area contributed by atoms with Crippen LogP contribution in [-0.2, 0) is 21.3 Å². The average molecular weight is 348 g/mol. The van der Waals surface area contributed by atoms with Crippen molar-refractivity contribution in [2.75, 3.05) is 26.9 Å². The molecule has 0 aromatic carbocycles. The smallest absolute Gasteiger partial charge is 0.177 e. The van der Waals surface area contributed by atoms with E-state index in [0.717, 1.165) is 0 Å². The van der Waals surface area contributed by atoms with Gasteiger partial charge in [-0.25, -0.2) is 0 Å². The number of hydrogen-bond acceptors (Lipinski definition) is 7. The third-order valence-corrected chi connectivity index (χ3v) is 4.29. The second-order valence-electron chi connectivity index (χ2n) is 5.05. The van der Waals surface area contributed by atoms with E-state index in [4.69, 9.17) is 38.6 Å². The van der Waals surface area contributed by atoms with Crippen molar-refractivity contribution in [1.82, 2.24) is 9.55 Å².